The van der Waals surface area contributed by atoms with Crippen LogP contribution in [-0.4, -0.2) is 50.5 Å². The van der Waals surface area contributed by atoms with Crippen molar-refractivity contribution in [3.63, 3.8) is 0 Å². The molecular formula is C24H30N2O3Se. The summed E-state index contributed by atoms with van der Waals surface area (Å²) in [6.45, 7) is 6.34. The van der Waals surface area contributed by atoms with Crippen molar-refractivity contribution in [3.05, 3.63) is 57.9 Å². The Labute approximate surface area is 184 Å². The Hall–Kier alpha value is -2.01. The van der Waals surface area contributed by atoms with Crippen LogP contribution in [0.2, 0.25) is 0 Å². The van der Waals surface area contributed by atoms with Gasteiger partial charge in [-0.1, -0.05) is 0 Å². The molecule has 1 aliphatic heterocycles. The number of benzene rings is 2. The number of methoxy groups -OCH3 is 2. The number of ether oxygens (including phenoxy) is 2. The van der Waals surface area contributed by atoms with Crippen molar-refractivity contribution in [3.8, 4) is 11.5 Å². The van der Waals surface area contributed by atoms with Crippen LogP contribution < -0.4 is 15.0 Å². The van der Waals surface area contributed by atoms with Gasteiger partial charge in [0.2, 0.25) is 0 Å². The van der Waals surface area contributed by atoms with Gasteiger partial charge in [-0.25, -0.2) is 0 Å². The summed E-state index contributed by atoms with van der Waals surface area (Å²) < 4.78 is 13.9. The molecule has 1 aromatic heterocycles. The molecule has 5 nitrogen and oxygen atoms in total. The minimum absolute atomic E-state index is 0.0256. The fourth-order valence-electron chi connectivity index (χ4n) is 4.35. The third-order valence-electron chi connectivity index (χ3n) is 6.09. The van der Waals surface area contributed by atoms with Crippen LogP contribution in [0.5, 0.6) is 11.5 Å². The molecule has 160 valence electrons. The van der Waals surface area contributed by atoms with E-state index in [1.807, 2.05) is 15.7 Å². The quantitative estimate of drug-likeness (QED) is 0.491. The van der Waals surface area contributed by atoms with Gasteiger partial charge in [0.1, 0.15) is 0 Å². The molecule has 0 aliphatic carbocycles. The SMILES string of the molecule is COc1cc2[se]n(CCC3CCN(Cc4cccc(C)c4)CC3)c(=O)c2cc1OC. The molecule has 0 atom stereocenters. The molecule has 1 aliphatic rings. The maximum atomic E-state index is 12.9. The normalized spacial score (nSPS) is 15.6. The number of aryl methyl sites for hydroxylation is 2. The summed E-state index contributed by atoms with van der Waals surface area (Å²) in [5, 5.41) is 0.778. The number of fused-ring (bicyclic) bond motifs is 1. The summed E-state index contributed by atoms with van der Waals surface area (Å²) >= 11 is 0.0256. The summed E-state index contributed by atoms with van der Waals surface area (Å²) in [5.74, 6) is 2.03. The van der Waals surface area contributed by atoms with Gasteiger partial charge in [0.15, 0.2) is 0 Å². The van der Waals surface area contributed by atoms with Crippen molar-refractivity contribution in [1.82, 2.24) is 8.46 Å². The molecule has 0 bridgehead atoms. The molecule has 4 rings (SSSR count). The molecule has 1 saturated heterocycles. The molecule has 1 fully saturated rings. The number of rotatable bonds is 7. The number of hydrogen-bond acceptors (Lipinski definition) is 4. The molecule has 0 spiro atoms. The van der Waals surface area contributed by atoms with Crippen molar-refractivity contribution < 1.29 is 9.47 Å². The molecule has 6 heteroatoms. The van der Waals surface area contributed by atoms with E-state index in [4.69, 9.17) is 9.47 Å². The van der Waals surface area contributed by atoms with Crippen molar-refractivity contribution in [2.24, 2.45) is 5.92 Å². The molecular weight excluding hydrogens is 443 g/mol. The van der Waals surface area contributed by atoms with E-state index in [0.717, 1.165) is 42.2 Å². The summed E-state index contributed by atoms with van der Waals surface area (Å²) in [6.07, 6.45) is 3.53. The Morgan fingerprint density at radius 2 is 1.80 bits per heavy atom. The van der Waals surface area contributed by atoms with E-state index >= 15 is 0 Å². The van der Waals surface area contributed by atoms with Crippen LogP contribution in [0.1, 0.15) is 30.4 Å². The van der Waals surface area contributed by atoms with E-state index in [1.54, 1.807) is 14.2 Å². The standard InChI is InChI=1S/C24H30N2O3Se/c1-17-5-4-6-19(13-17)16-25-10-7-18(8-11-25)9-12-26-24(27)20-14-21(28-2)22(29-3)15-23(20)30-26/h4-6,13-15,18H,7-12,16H2,1-3H3. The van der Waals surface area contributed by atoms with Crippen LogP contribution in [0.4, 0.5) is 0 Å². The predicted octanol–water partition coefficient (Wildman–Crippen LogP) is 3.69. The molecule has 0 amide bonds. The molecule has 0 saturated carbocycles. The first-order chi connectivity index (χ1) is 14.6. The van der Waals surface area contributed by atoms with Crippen molar-refractivity contribution in [2.75, 3.05) is 27.3 Å². The molecule has 2 aromatic carbocycles. The average molecular weight is 473 g/mol. The maximum absolute atomic E-state index is 12.9. The van der Waals surface area contributed by atoms with Crippen LogP contribution in [-0.2, 0) is 13.1 Å². The Kier molecular flexibility index (Phi) is 6.67. The molecule has 30 heavy (non-hydrogen) atoms. The second kappa shape index (κ2) is 9.42. The topological polar surface area (TPSA) is 43.7 Å². The van der Waals surface area contributed by atoms with Crippen LogP contribution in [0.15, 0.2) is 41.2 Å². The second-order valence-electron chi connectivity index (χ2n) is 8.20. The molecule has 0 radical (unpaired) electrons. The van der Waals surface area contributed by atoms with Gasteiger partial charge < -0.3 is 0 Å². The Bertz CT molecular complexity index is 1060. The zero-order valence-corrected chi connectivity index (χ0v) is 19.7. The van der Waals surface area contributed by atoms with Crippen molar-refractivity contribution in [1.29, 1.82) is 0 Å². The van der Waals surface area contributed by atoms with E-state index in [-0.39, 0.29) is 20.3 Å². The van der Waals surface area contributed by atoms with Crippen LogP contribution in [0.3, 0.4) is 0 Å². The van der Waals surface area contributed by atoms with Gasteiger partial charge in [0.05, 0.1) is 0 Å². The third kappa shape index (κ3) is 4.66. The summed E-state index contributed by atoms with van der Waals surface area (Å²) in [4.78, 5) is 15.4. The van der Waals surface area contributed by atoms with Gasteiger partial charge in [-0.2, -0.15) is 0 Å². The first kappa shape index (κ1) is 21.2. The van der Waals surface area contributed by atoms with Crippen LogP contribution in [0, 0.1) is 12.8 Å². The third-order valence-corrected chi connectivity index (χ3v) is 8.40. The zero-order chi connectivity index (χ0) is 21.1. The summed E-state index contributed by atoms with van der Waals surface area (Å²) in [7, 11) is 3.25. The molecule has 0 unspecified atom stereocenters. The number of piperidine rings is 1. The predicted molar refractivity (Wildman–Crippen MR) is 122 cm³/mol. The van der Waals surface area contributed by atoms with Crippen LogP contribution >= 0.6 is 0 Å². The monoisotopic (exact) mass is 474 g/mol. The summed E-state index contributed by atoms with van der Waals surface area (Å²) in [6, 6.07) is 12.6. The van der Waals surface area contributed by atoms with Gasteiger partial charge in [-0.05, 0) is 0 Å². The van der Waals surface area contributed by atoms with Crippen LogP contribution in [0.25, 0.3) is 9.65 Å². The fraction of sp³-hybridized carbons (Fsp3) is 0.458. The Morgan fingerprint density at radius 1 is 1.07 bits per heavy atom. The van der Waals surface area contributed by atoms with Crippen molar-refractivity contribution >= 4 is 24.4 Å². The van der Waals surface area contributed by atoms with Gasteiger partial charge in [-0.3, -0.25) is 0 Å². The number of hydrogen-bond donors (Lipinski definition) is 0. The van der Waals surface area contributed by atoms with Gasteiger partial charge in [0.25, 0.3) is 0 Å². The molecule has 0 N–H and O–H groups in total. The van der Waals surface area contributed by atoms with E-state index in [0.29, 0.717) is 17.4 Å². The average Bonchev–Trinajstić information content (AvgIpc) is 3.07. The van der Waals surface area contributed by atoms with Gasteiger partial charge in [-0.15, -0.1) is 0 Å². The Balaban J connectivity index is 1.35. The van der Waals surface area contributed by atoms with Crippen molar-refractivity contribution in [2.45, 2.75) is 39.3 Å². The number of aromatic nitrogens is 1. The molecule has 2 heterocycles. The Morgan fingerprint density at radius 3 is 2.50 bits per heavy atom. The number of nitrogens with zero attached hydrogens (tertiary/aromatic N) is 2. The zero-order valence-electron chi connectivity index (χ0n) is 18.0. The second-order valence-corrected chi connectivity index (χ2v) is 10.4. The van der Waals surface area contributed by atoms with E-state index in [2.05, 4.69) is 36.1 Å². The fourth-order valence-corrected chi connectivity index (χ4v) is 6.49. The van der Waals surface area contributed by atoms with Gasteiger partial charge >= 0.3 is 184 Å². The van der Waals surface area contributed by atoms with E-state index in [1.165, 1.54) is 24.0 Å². The summed E-state index contributed by atoms with van der Waals surface area (Å²) in [5.41, 5.74) is 2.88. The minimum atomic E-state index is 0.0256. The van der Waals surface area contributed by atoms with E-state index < -0.39 is 0 Å². The number of likely N-dealkylation sites (tertiary alicyclic amines) is 1. The first-order valence-electron chi connectivity index (χ1n) is 10.6. The first-order valence-corrected chi connectivity index (χ1v) is 12.2. The van der Waals surface area contributed by atoms with Gasteiger partial charge in [0, 0.05) is 0 Å². The van der Waals surface area contributed by atoms with E-state index in [9.17, 15) is 4.79 Å². The molecule has 3 aromatic rings.